The maximum atomic E-state index is 12.5. The molecule has 1 amide bonds. The molecule has 2 aliphatic heterocycles. The first-order valence-corrected chi connectivity index (χ1v) is 9.27. The van der Waals surface area contributed by atoms with Crippen LogP contribution in [0.3, 0.4) is 0 Å². The van der Waals surface area contributed by atoms with Crippen molar-refractivity contribution in [1.82, 2.24) is 19.9 Å². The van der Waals surface area contributed by atoms with Gasteiger partial charge in [0.15, 0.2) is 0 Å². The summed E-state index contributed by atoms with van der Waals surface area (Å²) in [5.41, 5.74) is -0.329. The molecule has 2 aliphatic rings. The van der Waals surface area contributed by atoms with Crippen molar-refractivity contribution in [3.05, 3.63) is 48.7 Å². The fourth-order valence-electron chi connectivity index (χ4n) is 3.32. The van der Waals surface area contributed by atoms with Gasteiger partial charge in [0.1, 0.15) is 6.10 Å². The number of aromatic nitrogens is 3. The van der Waals surface area contributed by atoms with E-state index in [1.165, 1.54) is 0 Å². The molecule has 9 nitrogen and oxygen atoms in total. The van der Waals surface area contributed by atoms with Crippen LogP contribution in [0.25, 0.3) is 0 Å². The zero-order valence-corrected chi connectivity index (χ0v) is 16.2. The number of carbonyl (C=O) groups is 2. The van der Waals surface area contributed by atoms with Crippen LogP contribution < -0.4 is 4.74 Å². The third-order valence-electron chi connectivity index (χ3n) is 4.70. The van der Waals surface area contributed by atoms with E-state index in [9.17, 15) is 18.0 Å². The fraction of sp³-hybridized carbons (Fsp3) is 0.421. The number of aliphatic carboxylic acids is 1. The largest absolute Gasteiger partial charge is 0.490 e. The number of ether oxygens (including phenoxy) is 2. The second kappa shape index (κ2) is 9.25. The van der Waals surface area contributed by atoms with Crippen molar-refractivity contribution in [3.63, 3.8) is 0 Å². The van der Waals surface area contributed by atoms with Gasteiger partial charge in [0.25, 0.3) is 5.91 Å². The molecule has 0 radical (unpaired) electrons. The lowest BCUT2D eigenvalue weighted by molar-refractivity contribution is -0.192. The molecule has 4 rings (SSSR count). The van der Waals surface area contributed by atoms with Gasteiger partial charge < -0.3 is 19.5 Å². The standard InChI is InChI=1S/C17H18N4O3.C2HF3O2/c22-16(15-19-7-3-8-20-15)21-9-5-17(12-21)10-13(11-23-17)24-14-4-1-2-6-18-14;3-2(4,5)1(6)7/h1-4,6-8,13H,5,9-12H2;(H,6,7)/t13-,17-;/m0./s1. The average molecular weight is 440 g/mol. The minimum absolute atomic E-state index is 0.0390. The summed E-state index contributed by atoms with van der Waals surface area (Å²) >= 11 is 0. The Labute approximate surface area is 174 Å². The number of pyridine rings is 1. The van der Waals surface area contributed by atoms with Gasteiger partial charge in [-0.25, -0.2) is 19.7 Å². The SMILES string of the molecule is O=C(O)C(F)(F)F.O=C(c1ncccn1)N1CC[C@]2(C[C@H](Oc3ccccn3)CO2)C1. The number of alkyl halides is 3. The van der Waals surface area contributed by atoms with Gasteiger partial charge in [0.05, 0.1) is 18.8 Å². The molecule has 2 aromatic rings. The Morgan fingerprint density at radius 1 is 1.16 bits per heavy atom. The maximum Gasteiger partial charge on any atom is 0.490 e. The van der Waals surface area contributed by atoms with Crippen LogP contribution in [0.4, 0.5) is 13.2 Å². The Bertz CT molecular complexity index is 900. The van der Waals surface area contributed by atoms with E-state index in [0.29, 0.717) is 25.6 Å². The normalized spacial score (nSPS) is 22.7. The molecule has 31 heavy (non-hydrogen) atoms. The van der Waals surface area contributed by atoms with Crippen LogP contribution in [0.15, 0.2) is 42.9 Å². The smallest absolute Gasteiger partial charge is 0.475 e. The summed E-state index contributed by atoms with van der Waals surface area (Å²) in [6, 6.07) is 7.28. The summed E-state index contributed by atoms with van der Waals surface area (Å²) in [5, 5.41) is 7.12. The summed E-state index contributed by atoms with van der Waals surface area (Å²) in [4.78, 5) is 35.4. The van der Waals surface area contributed by atoms with Crippen molar-refractivity contribution in [2.24, 2.45) is 0 Å². The molecule has 1 N–H and O–H groups in total. The topological polar surface area (TPSA) is 115 Å². The number of likely N-dealkylation sites (tertiary alicyclic amines) is 1. The molecule has 166 valence electrons. The van der Waals surface area contributed by atoms with Gasteiger partial charge in [0.2, 0.25) is 11.7 Å². The molecular formula is C19H19F3N4O5. The summed E-state index contributed by atoms with van der Waals surface area (Å²) in [5.74, 6) is -2.07. The van der Waals surface area contributed by atoms with Crippen LogP contribution >= 0.6 is 0 Å². The van der Waals surface area contributed by atoms with Gasteiger partial charge in [-0.1, -0.05) is 6.07 Å². The third kappa shape index (κ3) is 5.87. The molecule has 4 heterocycles. The van der Waals surface area contributed by atoms with Crippen molar-refractivity contribution in [1.29, 1.82) is 0 Å². The molecule has 1 spiro atoms. The highest BCUT2D eigenvalue weighted by molar-refractivity contribution is 5.90. The third-order valence-corrected chi connectivity index (χ3v) is 4.70. The van der Waals surface area contributed by atoms with Crippen LogP contribution in [0.5, 0.6) is 5.88 Å². The van der Waals surface area contributed by atoms with Crippen LogP contribution in [0.2, 0.25) is 0 Å². The van der Waals surface area contributed by atoms with E-state index < -0.39 is 12.1 Å². The highest BCUT2D eigenvalue weighted by atomic mass is 19.4. The molecule has 0 bridgehead atoms. The fourth-order valence-corrected chi connectivity index (χ4v) is 3.32. The van der Waals surface area contributed by atoms with Crippen molar-refractivity contribution in [3.8, 4) is 5.88 Å². The van der Waals surface area contributed by atoms with Gasteiger partial charge in [-0.2, -0.15) is 13.2 Å². The van der Waals surface area contributed by atoms with Gasteiger partial charge in [0, 0.05) is 37.6 Å². The minimum Gasteiger partial charge on any atom is -0.475 e. The Morgan fingerprint density at radius 2 is 1.84 bits per heavy atom. The lowest BCUT2D eigenvalue weighted by Gasteiger charge is -2.22. The molecule has 2 fully saturated rings. The van der Waals surface area contributed by atoms with E-state index in [4.69, 9.17) is 19.4 Å². The number of nitrogens with zero attached hydrogens (tertiary/aromatic N) is 4. The van der Waals surface area contributed by atoms with E-state index in [0.717, 1.165) is 12.8 Å². The summed E-state index contributed by atoms with van der Waals surface area (Å²) in [6.45, 7) is 1.71. The second-order valence-corrected chi connectivity index (χ2v) is 6.96. The zero-order chi connectivity index (χ0) is 22.5. The Balaban J connectivity index is 0.000000339. The monoisotopic (exact) mass is 440 g/mol. The number of hydrogen-bond donors (Lipinski definition) is 1. The molecule has 0 aliphatic carbocycles. The quantitative estimate of drug-likeness (QED) is 0.770. The average Bonchev–Trinajstić information content (AvgIpc) is 3.35. The molecule has 2 saturated heterocycles. The number of amides is 1. The highest BCUT2D eigenvalue weighted by Crippen LogP contribution is 2.36. The number of carboxylic acids is 1. The predicted molar refractivity (Wildman–Crippen MR) is 98.2 cm³/mol. The molecule has 12 heteroatoms. The van der Waals surface area contributed by atoms with Crippen LogP contribution in [-0.4, -0.2) is 74.4 Å². The van der Waals surface area contributed by atoms with E-state index in [-0.39, 0.29) is 23.4 Å². The Hall–Kier alpha value is -3.28. The number of carbonyl (C=O) groups excluding carboxylic acids is 1. The number of hydrogen-bond acceptors (Lipinski definition) is 7. The molecule has 2 aromatic heterocycles. The van der Waals surface area contributed by atoms with E-state index >= 15 is 0 Å². The molecule has 0 aromatic carbocycles. The predicted octanol–water partition coefficient (Wildman–Crippen LogP) is 1.96. The second-order valence-electron chi connectivity index (χ2n) is 6.96. The first kappa shape index (κ1) is 22.4. The van der Waals surface area contributed by atoms with Crippen molar-refractivity contribution in [2.45, 2.75) is 30.7 Å². The maximum absolute atomic E-state index is 12.5. The van der Waals surface area contributed by atoms with Gasteiger partial charge in [-0.15, -0.1) is 0 Å². The molecule has 0 unspecified atom stereocenters. The molecule has 2 atom stereocenters. The number of halogens is 3. The molecule has 0 saturated carbocycles. The van der Waals surface area contributed by atoms with Crippen LogP contribution in [-0.2, 0) is 9.53 Å². The highest BCUT2D eigenvalue weighted by Gasteiger charge is 2.48. The lowest BCUT2D eigenvalue weighted by atomic mass is 9.98. The van der Waals surface area contributed by atoms with Gasteiger partial charge in [-0.05, 0) is 18.6 Å². The van der Waals surface area contributed by atoms with Gasteiger partial charge in [-0.3, -0.25) is 4.79 Å². The summed E-state index contributed by atoms with van der Waals surface area (Å²) in [6.07, 6.45) is 1.29. The lowest BCUT2D eigenvalue weighted by Crippen LogP contribution is -2.36. The van der Waals surface area contributed by atoms with E-state index in [2.05, 4.69) is 15.0 Å². The first-order valence-electron chi connectivity index (χ1n) is 9.27. The Kier molecular flexibility index (Phi) is 6.68. The van der Waals surface area contributed by atoms with E-state index in [1.54, 1.807) is 29.6 Å². The first-order chi connectivity index (χ1) is 14.7. The van der Waals surface area contributed by atoms with Crippen molar-refractivity contribution < 1.29 is 37.3 Å². The van der Waals surface area contributed by atoms with Gasteiger partial charge >= 0.3 is 12.1 Å². The number of rotatable bonds is 3. The van der Waals surface area contributed by atoms with E-state index in [1.807, 2.05) is 18.2 Å². The van der Waals surface area contributed by atoms with Crippen molar-refractivity contribution in [2.75, 3.05) is 19.7 Å². The minimum atomic E-state index is -5.08. The summed E-state index contributed by atoms with van der Waals surface area (Å²) < 4.78 is 43.6. The summed E-state index contributed by atoms with van der Waals surface area (Å²) in [7, 11) is 0. The molecular weight excluding hydrogens is 421 g/mol. The van der Waals surface area contributed by atoms with Crippen LogP contribution in [0.1, 0.15) is 23.5 Å². The van der Waals surface area contributed by atoms with Crippen molar-refractivity contribution >= 4 is 11.9 Å². The van der Waals surface area contributed by atoms with Crippen LogP contribution in [0, 0.1) is 0 Å². The zero-order valence-electron chi connectivity index (χ0n) is 16.2. The Morgan fingerprint density at radius 3 is 2.45 bits per heavy atom. The number of carboxylic acid groups (broad SMARTS) is 1.